The first-order valence-electron chi connectivity index (χ1n) is 4.51. The lowest BCUT2D eigenvalue weighted by atomic mass is 10.3. The van der Waals surface area contributed by atoms with E-state index in [0.717, 1.165) is 5.75 Å². The highest BCUT2D eigenvalue weighted by atomic mass is 32.2. The Labute approximate surface area is 82.5 Å². The molecular weight excluding hydrogens is 188 g/mol. The van der Waals surface area contributed by atoms with Gasteiger partial charge >= 0.3 is 5.97 Å². The van der Waals surface area contributed by atoms with Crippen LogP contribution in [0.15, 0.2) is 0 Å². The molecule has 2 N–H and O–H groups in total. The number of aliphatic hydroxyl groups is 1. The van der Waals surface area contributed by atoms with E-state index in [9.17, 15) is 4.79 Å². The Morgan fingerprint density at radius 3 is 2.62 bits per heavy atom. The Morgan fingerprint density at radius 1 is 1.69 bits per heavy atom. The molecule has 0 aromatic rings. The summed E-state index contributed by atoms with van der Waals surface area (Å²) in [7, 11) is 0. The zero-order valence-corrected chi connectivity index (χ0v) is 8.80. The lowest BCUT2D eigenvalue weighted by Gasteiger charge is -2.12. The maximum Gasteiger partial charge on any atom is 0.320 e. The minimum absolute atomic E-state index is 0.00258. The van der Waals surface area contributed by atoms with E-state index in [1.165, 1.54) is 11.8 Å². The van der Waals surface area contributed by atoms with E-state index in [-0.39, 0.29) is 12.5 Å². The van der Waals surface area contributed by atoms with Crippen LogP contribution in [0.1, 0.15) is 20.3 Å². The van der Waals surface area contributed by atoms with Crippen molar-refractivity contribution in [1.29, 1.82) is 0 Å². The fraction of sp³-hybridized carbons (Fsp3) is 0.889. The molecular formula is C9H16O3S. The van der Waals surface area contributed by atoms with Gasteiger partial charge in [-0.15, -0.1) is 11.8 Å². The predicted molar refractivity (Wildman–Crippen MR) is 52.9 cm³/mol. The zero-order valence-electron chi connectivity index (χ0n) is 7.99. The normalized spacial score (nSPS) is 32.2. The van der Waals surface area contributed by atoms with Gasteiger partial charge in [0.25, 0.3) is 0 Å². The summed E-state index contributed by atoms with van der Waals surface area (Å²) in [6.07, 6.45) is 0.621. The van der Waals surface area contributed by atoms with E-state index in [1.807, 2.05) is 0 Å². The van der Waals surface area contributed by atoms with Crippen LogP contribution in [0, 0.1) is 11.8 Å². The van der Waals surface area contributed by atoms with Gasteiger partial charge in [-0.1, -0.05) is 13.8 Å². The van der Waals surface area contributed by atoms with Gasteiger partial charge in [0.1, 0.15) is 4.75 Å². The third-order valence-electron chi connectivity index (χ3n) is 2.31. The molecule has 1 aliphatic carbocycles. The van der Waals surface area contributed by atoms with E-state index in [4.69, 9.17) is 10.2 Å². The molecule has 0 radical (unpaired) electrons. The van der Waals surface area contributed by atoms with E-state index < -0.39 is 10.7 Å². The topological polar surface area (TPSA) is 57.5 Å². The Morgan fingerprint density at radius 2 is 2.31 bits per heavy atom. The smallest absolute Gasteiger partial charge is 0.320 e. The van der Waals surface area contributed by atoms with Crippen LogP contribution in [0.3, 0.4) is 0 Å². The first-order valence-corrected chi connectivity index (χ1v) is 5.49. The van der Waals surface area contributed by atoms with Crippen LogP contribution in [0.2, 0.25) is 0 Å². The van der Waals surface area contributed by atoms with Crippen molar-refractivity contribution in [2.45, 2.75) is 25.0 Å². The van der Waals surface area contributed by atoms with Crippen molar-refractivity contribution in [3.05, 3.63) is 0 Å². The zero-order chi connectivity index (χ0) is 10.1. The van der Waals surface area contributed by atoms with E-state index in [1.54, 1.807) is 0 Å². The standard InChI is InChI=1S/C9H16O3S/c1-6(2)5-13-9(8(11)12)3-7(9)4-10/h6-7,10H,3-5H2,1-2H3,(H,11,12). The van der Waals surface area contributed by atoms with Gasteiger partial charge in [0.2, 0.25) is 0 Å². The molecule has 1 aliphatic rings. The van der Waals surface area contributed by atoms with Crippen molar-refractivity contribution in [3.8, 4) is 0 Å². The maximum atomic E-state index is 10.9. The molecule has 4 heteroatoms. The number of hydrogen-bond donors (Lipinski definition) is 2. The van der Waals surface area contributed by atoms with Crippen LogP contribution < -0.4 is 0 Å². The number of rotatable bonds is 5. The second-order valence-corrected chi connectivity index (χ2v) is 5.33. The third kappa shape index (κ3) is 2.17. The average Bonchev–Trinajstić information content (AvgIpc) is 2.76. The number of hydrogen-bond acceptors (Lipinski definition) is 3. The van der Waals surface area contributed by atoms with Crippen LogP contribution in [0.4, 0.5) is 0 Å². The molecule has 1 fully saturated rings. The SMILES string of the molecule is CC(C)CSC1(C(=O)O)CC1CO. The summed E-state index contributed by atoms with van der Waals surface area (Å²) in [6, 6.07) is 0. The summed E-state index contributed by atoms with van der Waals surface area (Å²) >= 11 is 1.48. The summed E-state index contributed by atoms with van der Waals surface area (Å²) in [5.74, 6) is 0.551. The van der Waals surface area contributed by atoms with E-state index in [0.29, 0.717) is 12.3 Å². The van der Waals surface area contributed by atoms with Gasteiger partial charge in [-0.3, -0.25) is 4.79 Å². The Bertz CT molecular complexity index is 205. The largest absolute Gasteiger partial charge is 0.480 e. The van der Waals surface area contributed by atoms with Crippen molar-refractivity contribution in [2.75, 3.05) is 12.4 Å². The molecule has 1 saturated carbocycles. The van der Waals surface area contributed by atoms with E-state index >= 15 is 0 Å². The van der Waals surface area contributed by atoms with Crippen molar-refractivity contribution in [1.82, 2.24) is 0 Å². The number of aliphatic carboxylic acids is 1. The fourth-order valence-corrected chi connectivity index (χ4v) is 2.72. The van der Waals surface area contributed by atoms with Gasteiger partial charge in [0.15, 0.2) is 0 Å². The third-order valence-corrected chi connectivity index (χ3v) is 4.33. The summed E-state index contributed by atoms with van der Waals surface area (Å²) in [4.78, 5) is 10.9. The Hall–Kier alpha value is -0.220. The Balaban J connectivity index is 2.47. The van der Waals surface area contributed by atoms with Crippen LogP contribution in [-0.2, 0) is 4.79 Å². The highest BCUT2D eigenvalue weighted by molar-refractivity contribution is 8.01. The molecule has 0 aromatic carbocycles. The number of thioether (sulfide) groups is 1. The fourth-order valence-electron chi connectivity index (χ4n) is 1.33. The second kappa shape index (κ2) is 3.88. The van der Waals surface area contributed by atoms with Crippen LogP contribution in [0.5, 0.6) is 0 Å². The molecule has 2 unspecified atom stereocenters. The van der Waals surface area contributed by atoms with Crippen molar-refractivity contribution in [2.24, 2.45) is 11.8 Å². The van der Waals surface area contributed by atoms with Gasteiger partial charge < -0.3 is 10.2 Å². The molecule has 2 atom stereocenters. The Kier molecular flexibility index (Phi) is 3.24. The van der Waals surface area contributed by atoms with E-state index in [2.05, 4.69) is 13.8 Å². The van der Waals surface area contributed by atoms with Gasteiger partial charge in [0, 0.05) is 12.5 Å². The van der Waals surface area contributed by atoms with Crippen LogP contribution in [0.25, 0.3) is 0 Å². The summed E-state index contributed by atoms with van der Waals surface area (Å²) in [5.41, 5.74) is 0. The first kappa shape index (κ1) is 10.9. The molecule has 13 heavy (non-hydrogen) atoms. The molecule has 76 valence electrons. The first-order chi connectivity index (χ1) is 6.03. The van der Waals surface area contributed by atoms with Crippen LogP contribution in [-0.4, -0.2) is 33.3 Å². The summed E-state index contributed by atoms with van der Waals surface area (Å²) < 4.78 is -0.668. The summed E-state index contributed by atoms with van der Waals surface area (Å²) in [6.45, 7) is 4.13. The van der Waals surface area contributed by atoms with Crippen molar-refractivity contribution >= 4 is 17.7 Å². The average molecular weight is 204 g/mol. The number of carbonyl (C=O) groups is 1. The number of carboxylic acid groups (broad SMARTS) is 1. The van der Waals surface area contributed by atoms with Crippen molar-refractivity contribution < 1.29 is 15.0 Å². The number of carboxylic acids is 1. The molecule has 0 amide bonds. The molecule has 0 aliphatic heterocycles. The lowest BCUT2D eigenvalue weighted by Crippen LogP contribution is -2.23. The highest BCUT2D eigenvalue weighted by Gasteiger charge is 2.60. The van der Waals surface area contributed by atoms with Gasteiger partial charge in [-0.05, 0) is 18.1 Å². The molecule has 0 saturated heterocycles. The second-order valence-electron chi connectivity index (χ2n) is 3.98. The molecule has 0 aromatic heterocycles. The lowest BCUT2D eigenvalue weighted by molar-refractivity contribution is -0.137. The van der Waals surface area contributed by atoms with Gasteiger partial charge in [0.05, 0.1) is 0 Å². The van der Waals surface area contributed by atoms with Crippen LogP contribution >= 0.6 is 11.8 Å². The molecule has 0 heterocycles. The quantitative estimate of drug-likeness (QED) is 0.706. The minimum atomic E-state index is -0.766. The predicted octanol–water partition coefficient (Wildman–Crippen LogP) is 1.21. The molecule has 0 spiro atoms. The molecule has 0 bridgehead atoms. The minimum Gasteiger partial charge on any atom is -0.480 e. The van der Waals surface area contributed by atoms with Crippen molar-refractivity contribution in [3.63, 3.8) is 0 Å². The highest BCUT2D eigenvalue weighted by Crippen LogP contribution is 2.54. The molecule has 1 rings (SSSR count). The maximum absolute atomic E-state index is 10.9. The van der Waals surface area contributed by atoms with Gasteiger partial charge in [-0.25, -0.2) is 0 Å². The monoisotopic (exact) mass is 204 g/mol. The molecule has 3 nitrogen and oxygen atoms in total. The number of aliphatic hydroxyl groups excluding tert-OH is 1. The summed E-state index contributed by atoms with van der Waals surface area (Å²) in [5, 5.41) is 17.9. The van der Waals surface area contributed by atoms with Gasteiger partial charge in [-0.2, -0.15) is 0 Å².